The van der Waals surface area contributed by atoms with Gasteiger partial charge in [0.25, 0.3) is 0 Å². The summed E-state index contributed by atoms with van der Waals surface area (Å²) in [6.07, 6.45) is 0. The average Bonchev–Trinajstić information content (AvgIpc) is 2.20. The molecule has 0 amide bonds. The normalized spacial score (nSPS) is 9.29. The highest BCUT2D eigenvalue weighted by Crippen LogP contribution is 2.37. The monoisotopic (exact) mass is 229 g/mol. The second kappa shape index (κ2) is 4.99. The Balaban J connectivity index is 3.17. The summed E-state index contributed by atoms with van der Waals surface area (Å²) in [5.74, 6) is 1.12. The summed E-state index contributed by atoms with van der Waals surface area (Å²) in [5, 5.41) is 10.9. The Labute approximate surface area is 91.6 Å². The number of hydrogen-bond acceptors (Lipinski definition) is 4. The molecule has 74 valence electrons. The van der Waals surface area contributed by atoms with E-state index in [0.717, 1.165) is 11.8 Å². The molecule has 1 aromatic rings. The molecular formula is C9H8ClNO2S. The molecular weight excluding hydrogens is 222 g/mol. The Morgan fingerprint density at radius 2 is 1.86 bits per heavy atom. The van der Waals surface area contributed by atoms with Crippen molar-refractivity contribution in [2.75, 3.05) is 14.2 Å². The summed E-state index contributed by atoms with van der Waals surface area (Å²) in [6, 6.07) is 3.30. The van der Waals surface area contributed by atoms with E-state index in [1.165, 1.54) is 14.2 Å². The third kappa shape index (κ3) is 2.25. The number of halogens is 1. The van der Waals surface area contributed by atoms with Gasteiger partial charge in [-0.15, -0.1) is 0 Å². The zero-order valence-electron chi connectivity index (χ0n) is 7.70. The summed E-state index contributed by atoms with van der Waals surface area (Å²) in [6.45, 7) is 0. The standard InChI is InChI=1S/C9H8ClNO2S/c1-12-7-3-6(10)9(14-5-11)4-8(7)13-2/h3-4H,1-2H3. The molecule has 0 aliphatic heterocycles. The molecule has 0 aliphatic rings. The van der Waals surface area contributed by atoms with Crippen LogP contribution in [0.5, 0.6) is 11.5 Å². The molecule has 14 heavy (non-hydrogen) atoms. The summed E-state index contributed by atoms with van der Waals surface area (Å²) in [5.41, 5.74) is 0. The number of methoxy groups -OCH3 is 2. The van der Waals surface area contributed by atoms with Crippen molar-refractivity contribution in [1.29, 1.82) is 5.26 Å². The van der Waals surface area contributed by atoms with E-state index in [1.54, 1.807) is 12.1 Å². The third-order valence-electron chi connectivity index (χ3n) is 1.59. The number of benzene rings is 1. The highest BCUT2D eigenvalue weighted by molar-refractivity contribution is 8.03. The molecule has 0 radical (unpaired) electrons. The van der Waals surface area contributed by atoms with Crippen LogP contribution in [0.2, 0.25) is 5.02 Å². The summed E-state index contributed by atoms with van der Waals surface area (Å²) < 4.78 is 10.1. The second-order valence-corrected chi connectivity index (χ2v) is 3.56. The zero-order valence-corrected chi connectivity index (χ0v) is 9.28. The quantitative estimate of drug-likeness (QED) is 0.590. The van der Waals surface area contributed by atoms with Gasteiger partial charge in [0.05, 0.1) is 19.2 Å². The van der Waals surface area contributed by atoms with Gasteiger partial charge >= 0.3 is 0 Å². The smallest absolute Gasteiger partial charge is 0.162 e. The van der Waals surface area contributed by atoms with Gasteiger partial charge in [0.1, 0.15) is 5.40 Å². The van der Waals surface area contributed by atoms with Gasteiger partial charge in [0.15, 0.2) is 11.5 Å². The van der Waals surface area contributed by atoms with Gasteiger partial charge in [-0.2, -0.15) is 5.26 Å². The predicted octanol–water partition coefficient (Wildman–Crippen LogP) is 2.93. The molecule has 0 unspecified atom stereocenters. The maximum Gasteiger partial charge on any atom is 0.162 e. The number of ether oxygens (including phenoxy) is 2. The number of nitriles is 1. The van der Waals surface area contributed by atoms with Crippen LogP contribution in [0.1, 0.15) is 0 Å². The molecule has 0 bridgehead atoms. The summed E-state index contributed by atoms with van der Waals surface area (Å²) >= 11 is 6.90. The van der Waals surface area contributed by atoms with Crippen LogP contribution in [0.15, 0.2) is 17.0 Å². The van der Waals surface area contributed by atoms with E-state index in [9.17, 15) is 0 Å². The molecule has 0 saturated carbocycles. The van der Waals surface area contributed by atoms with Crippen LogP contribution in [0.3, 0.4) is 0 Å². The molecule has 3 nitrogen and oxygen atoms in total. The topological polar surface area (TPSA) is 42.2 Å². The molecule has 0 spiro atoms. The molecule has 0 atom stereocenters. The van der Waals surface area contributed by atoms with Crippen LogP contribution in [-0.2, 0) is 0 Å². The largest absolute Gasteiger partial charge is 0.493 e. The van der Waals surface area contributed by atoms with E-state index in [2.05, 4.69) is 0 Å². The first kappa shape index (κ1) is 11.0. The van der Waals surface area contributed by atoms with E-state index in [4.69, 9.17) is 26.3 Å². The molecule has 0 heterocycles. The Morgan fingerprint density at radius 1 is 1.29 bits per heavy atom. The highest BCUT2D eigenvalue weighted by Gasteiger charge is 2.09. The van der Waals surface area contributed by atoms with Crippen LogP contribution >= 0.6 is 23.4 Å². The van der Waals surface area contributed by atoms with Crippen LogP contribution in [0.25, 0.3) is 0 Å². The van der Waals surface area contributed by atoms with Crippen molar-refractivity contribution in [1.82, 2.24) is 0 Å². The molecule has 1 rings (SSSR count). The minimum atomic E-state index is 0.481. The van der Waals surface area contributed by atoms with Gasteiger partial charge in [-0.05, 0) is 11.8 Å². The molecule has 0 N–H and O–H groups in total. The average molecular weight is 230 g/mol. The van der Waals surface area contributed by atoms with Gasteiger partial charge in [0.2, 0.25) is 0 Å². The fourth-order valence-electron chi connectivity index (χ4n) is 0.963. The maximum absolute atomic E-state index is 8.52. The van der Waals surface area contributed by atoms with Gasteiger partial charge in [-0.3, -0.25) is 0 Å². The lowest BCUT2D eigenvalue weighted by Gasteiger charge is -2.09. The first-order valence-corrected chi connectivity index (χ1v) is 4.89. The Bertz CT molecular complexity index is 376. The van der Waals surface area contributed by atoms with E-state index >= 15 is 0 Å². The van der Waals surface area contributed by atoms with E-state index in [-0.39, 0.29) is 0 Å². The number of rotatable bonds is 3. The highest BCUT2D eigenvalue weighted by atomic mass is 35.5. The zero-order chi connectivity index (χ0) is 10.6. The fraction of sp³-hybridized carbons (Fsp3) is 0.222. The Morgan fingerprint density at radius 3 is 2.36 bits per heavy atom. The first-order valence-electron chi connectivity index (χ1n) is 3.70. The van der Waals surface area contributed by atoms with Gasteiger partial charge in [0, 0.05) is 17.0 Å². The number of thiocyanates is 1. The van der Waals surface area contributed by atoms with Crippen molar-refractivity contribution >= 4 is 23.4 Å². The molecule has 0 saturated heterocycles. The minimum absolute atomic E-state index is 0.481. The fourth-order valence-corrected chi connectivity index (χ4v) is 1.65. The van der Waals surface area contributed by atoms with Crippen molar-refractivity contribution in [3.8, 4) is 16.9 Å². The number of nitrogens with zero attached hydrogens (tertiary/aromatic N) is 1. The number of hydrogen-bond donors (Lipinski definition) is 0. The molecule has 0 aliphatic carbocycles. The van der Waals surface area contributed by atoms with Crippen molar-refractivity contribution < 1.29 is 9.47 Å². The Hall–Kier alpha value is -1.05. The molecule has 0 aromatic heterocycles. The van der Waals surface area contributed by atoms with Gasteiger partial charge in [-0.1, -0.05) is 11.6 Å². The Kier molecular flexibility index (Phi) is 3.93. The predicted molar refractivity (Wildman–Crippen MR) is 56.0 cm³/mol. The van der Waals surface area contributed by atoms with E-state index in [0.29, 0.717) is 21.4 Å². The molecule has 1 aromatic carbocycles. The lowest BCUT2D eigenvalue weighted by atomic mass is 10.3. The molecule has 0 fully saturated rings. The minimum Gasteiger partial charge on any atom is -0.493 e. The van der Waals surface area contributed by atoms with E-state index < -0.39 is 0 Å². The van der Waals surface area contributed by atoms with Crippen molar-refractivity contribution in [3.05, 3.63) is 17.2 Å². The lowest BCUT2D eigenvalue weighted by molar-refractivity contribution is 0.354. The van der Waals surface area contributed by atoms with Crippen molar-refractivity contribution in [3.63, 3.8) is 0 Å². The van der Waals surface area contributed by atoms with Crippen LogP contribution < -0.4 is 9.47 Å². The van der Waals surface area contributed by atoms with Crippen molar-refractivity contribution in [2.45, 2.75) is 4.90 Å². The van der Waals surface area contributed by atoms with Crippen LogP contribution in [0.4, 0.5) is 0 Å². The molecule has 5 heteroatoms. The van der Waals surface area contributed by atoms with Gasteiger partial charge in [-0.25, -0.2) is 0 Å². The SMILES string of the molecule is COc1cc(Cl)c(SC#N)cc1OC. The summed E-state index contributed by atoms with van der Waals surface area (Å²) in [7, 11) is 3.07. The van der Waals surface area contributed by atoms with E-state index in [1.807, 2.05) is 5.40 Å². The second-order valence-electron chi connectivity index (χ2n) is 2.33. The number of thioether (sulfide) groups is 1. The van der Waals surface area contributed by atoms with Crippen LogP contribution in [0, 0.1) is 10.7 Å². The third-order valence-corrected chi connectivity index (χ3v) is 2.67. The first-order chi connectivity index (χ1) is 6.72. The van der Waals surface area contributed by atoms with Crippen LogP contribution in [-0.4, -0.2) is 14.2 Å². The van der Waals surface area contributed by atoms with Crippen molar-refractivity contribution in [2.24, 2.45) is 0 Å². The maximum atomic E-state index is 8.52. The lowest BCUT2D eigenvalue weighted by Crippen LogP contribution is -1.90. The van der Waals surface area contributed by atoms with Gasteiger partial charge < -0.3 is 9.47 Å². The summed E-state index contributed by atoms with van der Waals surface area (Å²) in [4.78, 5) is 0.659.